The van der Waals surface area contributed by atoms with Gasteiger partial charge in [0.2, 0.25) is 0 Å². The number of rotatable bonds is 1. The molecule has 0 saturated carbocycles. The van der Waals surface area contributed by atoms with E-state index >= 15 is 0 Å². The molecule has 2 aromatic rings. The van der Waals surface area contributed by atoms with Crippen LogP contribution in [-0.4, -0.2) is 0 Å². The van der Waals surface area contributed by atoms with Crippen molar-refractivity contribution in [1.82, 2.24) is 0 Å². The van der Waals surface area contributed by atoms with Crippen LogP contribution in [0.2, 0.25) is 0 Å². The summed E-state index contributed by atoms with van der Waals surface area (Å²) in [4.78, 5) is 0.151. The fourth-order valence-corrected chi connectivity index (χ4v) is 2.36. The normalized spacial score (nSPS) is 12.7. The van der Waals surface area contributed by atoms with Gasteiger partial charge in [0, 0.05) is 10.4 Å². The Labute approximate surface area is 108 Å². The minimum Gasteiger partial charge on any atom is -0.166 e. The Kier molecular flexibility index (Phi) is 3.34. The lowest BCUT2D eigenvalue weighted by Gasteiger charge is -2.14. The van der Waals surface area contributed by atoms with Crippen LogP contribution in [0.25, 0.3) is 10.4 Å². The van der Waals surface area contributed by atoms with Crippen molar-refractivity contribution in [3.63, 3.8) is 0 Å². The Bertz CT molecular complexity index is 565. The highest BCUT2D eigenvalue weighted by atomic mass is 32.1. The van der Waals surface area contributed by atoms with Gasteiger partial charge in [-0.15, -0.1) is 11.3 Å². The van der Waals surface area contributed by atoms with Crippen molar-refractivity contribution in [1.29, 1.82) is 0 Å². The van der Waals surface area contributed by atoms with Crippen LogP contribution in [0.1, 0.15) is 11.1 Å². The minimum atomic E-state index is -4.69. The lowest BCUT2D eigenvalue weighted by atomic mass is 10.0. The number of benzene rings is 1. The van der Waals surface area contributed by atoms with Crippen LogP contribution >= 0.6 is 11.3 Å². The summed E-state index contributed by atoms with van der Waals surface area (Å²) in [6, 6.07) is 4.29. The van der Waals surface area contributed by atoms with E-state index < -0.39 is 29.0 Å². The van der Waals surface area contributed by atoms with Crippen LogP contribution < -0.4 is 0 Å². The Morgan fingerprint density at radius 1 is 0.842 bits per heavy atom. The second kappa shape index (κ2) is 4.56. The van der Waals surface area contributed by atoms with Gasteiger partial charge >= 0.3 is 12.4 Å². The van der Waals surface area contributed by atoms with E-state index in [9.17, 15) is 26.3 Å². The number of hydrogen-bond donors (Lipinski definition) is 0. The Morgan fingerprint density at radius 3 is 2.00 bits per heavy atom. The van der Waals surface area contributed by atoms with Gasteiger partial charge in [0.05, 0.1) is 11.1 Å². The van der Waals surface area contributed by atoms with E-state index in [2.05, 4.69) is 0 Å². The molecule has 0 atom stereocenters. The van der Waals surface area contributed by atoms with Crippen molar-refractivity contribution in [3.05, 3.63) is 46.8 Å². The average molecular weight is 296 g/mol. The van der Waals surface area contributed by atoms with Crippen molar-refractivity contribution < 1.29 is 26.3 Å². The molecule has 0 radical (unpaired) electrons. The van der Waals surface area contributed by atoms with Gasteiger partial charge in [-0.05, 0) is 29.6 Å². The highest BCUT2D eigenvalue weighted by molar-refractivity contribution is 7.13. The van der Waals surface area contributed by atoms with E-state index in [-0.39, 0.29) is 4.88 Å². The SMILES string of the molecule is FC(F)(F)c1ccc(C(F)(F)F)c(-c2cccs2)c1. The molecule has 0 aliphatic carbocycles. The predicted molar refractivity (Wildman–Crippen MR) is 59.8 cm³/mol. The predicted octanol–water partition coefficient (Wildman–Crippen LogP) is 5.45. The Hall–Kier alpha value is -1.50. The topological polar surface area (TPSA) is 0 Å². The standard InChI is InChI=1S/C12H6F6S/c13-11(14,15)7-3-4-9(12(16,17)18)8(6-7)10-2-1-5-19-10/h1-6H. The van der Waals surface area contributed by atoms with E-state index in [0.717, 1.165) is 11.3 Å². The summed E-state index contributed by atoms with van der Waals surface area (Å²) in [7, 11) is 0. The van der Waals surface area contributed by atoms with Gasteiger partial charge in [0.15, 0.2) is 0 Å². The lowest BCUT2D eigenvalue weighted by Crippen LogP contribution is -2.10. The molecule has 0 unspecified atom stereocenters. The second-order valence-corrected chi connectivity index (χ2v) is 4.68. The van der Waals surface area contributed by atoms with E-state index in [1.165, 1.54) is 17.5 Å². The van der Waals surface area contributed by atoms with E-state index in [1.54, 1.807) is 0 Å². The largest absolute Gasteiger partial charge is 0.417 e. The molecular weight excluding hydrogens is 290 g/mol. The van der Waals surface area contributed by atoms with Crippen molar-refractivity contribution in [2.75, 3.05) is 0 Å². The summed E-state index contributed by atoms with van der Waals surface area (Å²) in [5.41, 5.74) is -2.61. The molecule has 7 heteroatoms. The smallest absolute Gasteiger partial charge is 0.166 e. The summed E-state index contributed by atoms with van der Waals surface area (Å²) in [6.07, 6.45) is -9.36. The van der Waals surface area contributed by atoms with Gasteiger partial charge in [-0.2, -0.15) is 26.3 Å². The molecule has 1 heterocycles. The molecule has 102 valence electrons. The minimum absolute atomic E-state index is 0.151. The molecule has 0 fully saturated rings. The van der Waals surface area contributed by atoms with Crippen LogP contribution in [0.5, 0.6) is 0 Å². The van der Waals surface area contributed by atoms with Crippen molar-refractivity contribution in [2.45, 2.75) is 12.4 Å². The maximum Gasteiger partial charge on any atom is 0.417 e. The van der Waals surface area contributed by atoms with Crippen LogP contribution in [0, 0.1) is 0 Å². The lowest BCUT2D eigenvalue weighted by molar-refractivity contribution is -0.141. The fraction of sp³-hybridized carbons (Fsp3) is 0.167. The van der Waals surface area contributed by atoms with Crippen LogP contribution in [0.4, 0.5) is 26.3 Å². The van der Waals surface area contributed by atoms with E-state index in [0.29, 0.717) is 18.2 Å². The molecular formula is C12H6F6S. The van der Waals surface area contributed by atoms with Crippen molar-refractivity contribution in [3.8, 4) is 10.4 Å². The molecule has 1 aromatic carbocycles. The first-order valence-corrected chi connectivity index (χ1v) is 5.90. The van der Waals surface area contributed by atoms with Gasteiger partial charge in [0.25, 0.3) is 0 Å². The number of alkyl halides is 6. The molecule has 0 spiro atoms. The van der Waals surface area contributed by atoms with Crippen LogP contribution in [0.3, 0.4) is 0 Å². The second-order valence-electron chi connectivity index (χ2n) is 3.73. The zero-order valence-corrected chi connectivity index (χ0v) is 9.96. The summed E-state index contributed by atoms with van der Waals surface area (Å²) >= 11 is 0.958. The third-order valence-corrected chi connectivity index (χ3v) is 3.34. The maximum absolute atomic E-state index is 12.8. The van der Waals surface area contributed by atoms with Gasteiger partial charge in [-0.25, -0.2) is 0 Å². The van der Waals surface area contributed by atoms with E-state index in [4.69, 9.17) is 0 Å². The quantitative estimate of drug-likeness (QED) is 0.614. The number of halogens is 6. The molecule has 0 bridgehead atoms. The summed E-state index contributed by atoms with van der Waals surface area (Å²) in [6.45, 7) is 0. The molecule has 0 nitrogen and oxygen atoms in total. The zero-order chi connectivity index (χ0) is 14.3. The third kappa shape index (κ3) is 2.91. The Balaban J connectivity index is 2.65. The first kappa shape index (κ1) is 13.9. The molecule has 0 aliphatic heterocycles. The molecule has 0 amide bonds. The van der Waals surface area contributed by atoms with Crippen molar-refractivity contribution in [2.24, 2.45) is 0 Å². The molecule has 1 aromatic heterocycles. The fourth-order valence-electron chi connectivity index (χ4n) is 1.60. The van der Waals surface area contributed by atoms with Gasteiger partial charge in [-0.3, -0.25) is 0 Å². The highest BCUT2D eigenvalue weighted by Gasteiger charge is 2.37. The summed E-state index contributed by atoms with van der Waals surface area (Å²) in [5.74, 6) is 0. The van der Waals surface area contributed by atoms with Crippen LogP contribution in [0.15, 0.2) is 35.7 Å². The molecule has 0 aliphatic rings. The average Bonchev–Trinajstić information content (AvgIpc) is 2.79. The first-order valence-electron chi connectivity index (χ1n) is 5.02. The monoisotopic (exact) mass is 296 g/mol. The molecule has 19 heavy (non-hydrogen) atoms. The Morgan fingerprint density at radius 2 is 1.53 bits per heavy atom. The summed E-state index contributed by atoms with van der Waals surface area (Å²) < 4.78 is 76.1. The number of thiophene rings is 1. The van der Waals surface area contributed by atoms with Gasteiger partial charge in [-0.1, -0.05) is 6.07 Å². The number of hydrogen-bond acceptors (Lipinski definition) is 1. The third-order valence-electron chi connectivity index (χ3n) is 2.44. The molecule has 0 saturated heterocycles. The summed E-state index contributed by atoms with van der Waals surface area (Å²) in [5, 5.41) is 1.51. The van der Waals surface area contributed by atoms with Gasteiger partial charge in [0.1, 0.15) is 0 Å². The maximum atomic E-state index is 12.8. The zero-order valence-electron chi connectivity index (χ0n) is 9.14. The van der Waals surface area contributed by atoms with E-state index in [1.807, 2.05) is 0 Å². The highest BCUT2D eigenvalue weighted by Crippen LogP contribution is 2.41. The first-order chi connectivity index (χ1) is 8.69. The molecule has 2 rings (SSSR count). The molecule has 0 N–H and O–H groups in total. The van der Waals surface area contributed by atoms with Crippen molar-refractivity contribution >= 4 is 11.3 Å². The van der Waals surface area contributed by atoms with Crippen LogP contribution in [-0.2, 0) is 12.4 Å². The van der Waals surface area contributed by atoms with Gasteiger partial charge < -0.3 is 0 Å².